The Morgan fingerprint density at radius 2 is 1.50 bits per heavy atom. The van der Waals surface area contributed by atoms with Gasteiger partial charge in [0, 0.05) is 0 Å². The summed E-state index contributed by atoms with van der Waals surface area (Å²) in [5.41, 5.74) is 0. The molecule has 0 amide bonds. The van der Waals surface area contributed by atoms with Gasteiger partial charge in [-0.2, -0.15) is 22.0 Å². The maximum absolute atomic E-state index is 12.2. The molecule has 1 aliphatic rings. The van der Waals surface area contributed by atoms with Crippen LogP contribution in [0.15, 0.2) is 0 Å². The molecule has 14 heavy (non-hydrogen) atoms. The lowest BCUT2D eigenvalue weighted by molar-refractivity contribution is -0.363. The first kappa shape index (κ1) is 12.0. The zero-order valence-electron chi connectivity index (χ0n) is 6.68. The second-order valence-corrected chi connectivity index (χ2v) is 3.50. The molecule has 0 bridgehead atoms. The summed E-state index contributed by atoms with van der Waals surface area (Å²) in [4.78, 5) is 0. The number of alkyl halides is 5. The fourth-order valence-electron chi connectivity index (χ4n) is 0.572. The zero-order chi connectivity index (χ0) is 10.8. The first-order valence-corrected chi connectivity index (χ1v) is 4.62. The van der Waals surface area contributed by atoms with Crippen molar-refractivity contribution in [3.05, 3.63) is 0 Å². The van der Waals surface area contributed by atoms with Gasteiger partial charge in [0.1, 0.15) is 0 Å². The predicted molar refractivity (Wildman–Crippen MR) is 35.5 cm³/mol. The lowest BCUT2D eigenvalue weighted by atomic mass is 10.5. The van der Waals surface area contributed by atoms with Crippen LogP contribution in [0.25, 0.3) is 0 Å². The van der Waals surface area contributed by atoms with Crippen LogP contribution in [0.5, 0.6) is 0 Å². The Hall–Kier alpha value is -0.0400. The highest BCUT2D eigenvalue weighted by molar-refractivity contribution is 7.41. The standard InChI is InChI=1S/C5H6F5O3P/c6-4(7,8)5(9,10)13-14-11-2-1-3-12-14/h1-3H2. The van der Waals surface area contributed by atoms with Gasteiger partial charge in [-0.05, 0) is 6.42 Å². The van der Waals surface area contributed by atoms with Crippen LogP contribution in [0.3, 0.4) is 0 Å². The highest BCUT2D eigenvalue weighted by atomic mass is 31.2. The van der Waals surface area contributed by atoms with E-state index in [9.17, 15) is 22.0 Å². The summed E-state index contributed by atoms with van der Waals surface area (Å²) in [5, 5.41) is 0. The smallest absolute Gasteiger partial charge is 0.312 e. The van der Waals surface area contributed by atoms with Crippen LogP contribution in [0.4, 0.5) is 22.0 Å². The van der Waals surface area contributed by atoms with E-state index in [4.69, 9.17) is 0 Å². The van der Waals surface area contributed by atoms with Crippen molar-refractivity contribution in [1.29, 1.82) is 0 Å². The minimum Gasteiger partial charge on any atom is -0.312 e. The lowest BCUT2D eigenvalue weighted by Crippen LogP contribution is -2.38. The molecule has 0 radical (unpaired) electrons. The molecule has 1 heterocycles. The van der Waals surface area contributed by atoms with Gasteiger partial charge in [0.25, 0.3) is 0 Å². The molecule has 3 nitrogen and oxygen atoms in total. The van der Waals surface area contributed by atoms with E-state index >= 15 is 0 Å². The van der Waals surface area contributed by atoms with Gasteiger partial charge in [-0.3, -0.25) is 0 Å². The van der Waals surface area contributed by atoms with Gasteiger partial charge in [-0.25, -0.2) is 4.52 Å². The molecule has 0 aromatic carbocycles. The molecule has 0 saturated carbocycles. The van der Waals surface area contributed by atoms with Gasteiger partial charge in [-0.15, -0.1) is 0 Å². The van der Waals surface area contributed by atoms with Crippen LogP contribution in [-0.4, -0.2) is 25.5 Å². The Balaban J connectivity index is 2.49. The van der Waals surface area contributed by atoms with Gasteiger partial charge in [-0.1, -0.05) is 0 Å². The van der Waals surface area contributed by atoms with Gasteiger partial charge < -0.3 is 9.05 Å². The van der Waals surface area contributed by atoms with E-state index in [1.807, 2.05) is 0 Å². The van der Waals surface area contributed by atoms with E-state index in [2.05, 4.69) is 13.6 Å². The summed E-state index contributed by atoms with van der Waals surface area (Å²) in [7, 11) is -2.59. The largest absolute Gasteiger partial charge is 0.483 e. The molecule has 0 aromatic heterocycles. The topological polar surface area (TPSA) is 27.7 Å². The molecule has 0 aliphatic carbocycles. The molecular formula is C5H6F5O3P. The SMILES string of the molecule is FC(F)(F)C(F)(F)OP1OCCCO1. The van der Waals surface area contributed by atoms with Crippen molar-refractivity contribution in [2.24, 2.45) is 0 Å². The lowest BCUT2D eigenvalue weighted by Gasteiger charge is -2.26. The number of halogens is 5. The van der Waals surface area contributed by atoms with Crippen molar-refractivity contribution >= 4 is 8.60 Å². The molecule has 0 atom stereocenters. The summed E-state index contributed by atoms with van der Waals surface area (Å²) in [6, 6.07) is 0. The van der Waals surface area contributed by atoms with Crippen molar-refractivity contribution in [2.45, 2.75) is 18.7 Å². The molecule has 0 aromatic rings. The van der Waals surface area contributed by atoms with Gasteiger partial charge in [0.15, 0.2) is 0 Å². The predicted octanol–water partition coefficient (Wildman–Crippen LogP) is 2.82. The van der Waals surface area contributed by atoms with Crippen LogP contribution in [0.2, 0.25) is 0 Å². The maximum Gasteiger partial charge on any atom is 0.483 e. The minimum absolute atomic E-state index is 0.0552. The average molecular weight is 240 g/mol. The van der Waals surface area contributed by atoms with Crippen molar-refractivity contribution in [3.63, 3.8) is 0 Å². The van der Waals surface area contributed by atoms with Crippen LogP contribution in [0.1, 0.15) is 6.42 Å². The second kappa shape index (κ2) is 4.22. The zero-order valence-corrected chi connectivity index (χ0v) is 7.58. The van der Waals surface area contributed by atoms with Gasteiger partial charge >= 0.3 is 20.9 Å². The third kappa shape index (κ3) is 2.98. The van der Waals surface area contributed by atoms with E-state index in [1.165, 1.54) is 0 Å². The van der Waals surface area contributed by atoms with Crippen LogP contribution >= 0.6 is 8.60 Å². The van der Waals surface area contributed by atoms with Crippen LogP contribution in [0, 0.1) is 0 Å². The van der Waals surface area contributed by atoms with Crippen molar-refractivity contribution in [1.82, 2.24) is 0 Å². The summed E-state index contributed by atoms with van der Waals surface area (Å²) < 4.78 is 71.6. The first-order valence-electron chi connectivity index (χ1n) is 3.52. The molecule has 1 saturated heterocycles. The minimum atomic E-state index is -5.75. The van der Waals surface area contributed by atoms with Crippen molar-refractivity contribution < 1.29 is 35.5 Å². The Morgan fingerprint density at radius 3 is 1.93 bits per heavy atom. The number of rotatable bonds is 2. The monoisotopic (exact) mass is 240 g/mol. The van der Waals surface area contributed by atoms with E-state index < -0.39 is 20.9 Å². The highest BCUT2D eigenvalue weighted by Gasteiger charge is 2.61. The fourth-order valence-corrected chi connectivity index (χ4v) is 1.60. The van der Waals surface area contributed by atoms with Crippen molar-refractivity contribution in [3.8, 4) is 0 Å². The Bertz CT molecular complexity index is 190. The Kier molecular flexibility index (Phi) is 3.63. The van der Waals surface area contributed by atoms with Crippen LogP contribution in [-0.2, 0) is 13.6 Å². The Morgan fingerprint density at radius 1 is 1.00 bits per heavy atom. The summed E-state index contributed by atoms with van der Waals surface area (Å²) in [5.74, 6) is 0. The van der Waals surface area contributed by atoms with Gasteiger partial charge in [0.05, 0.1) is 13.2 Å². The third-order valence-electron chi connectivity index (χ3n) is 1.20. The second-order valence-electron chi connectivity index (χ2n) is 2.35. The molecule has 1 fully saturated rings. The van der Waals surface area contributed by atoms with E-state index in [-0.39, 0.29) is 13.2 Å². The summed E-state index contributed by atoms with van der Waals surface area (Å²) in [6.07, 6.45) is -10.5. The first-order chi connectivity index (χ1) is 6.33. The van der Waals surface area contributed by atoms with Crippen molar-refractivity contribution in [2.75, 3.05) is 13.2 Å². The van der Waals surface area contributed by atoms with E-state index in [0.29, 0.717) is 6.42 Å². The summed E-state index contributed by atoms with van der Waals surface area (Å²) in [6.45, 7) is 0.110. The molecule has 0 unspecified atom stereocenters. The quantitative estimate of drug-likeness (QED) is 0.548. The molecule has 1 aliphatic heterocycles. The van der Waals surface area contributed by atoms with Crippen LogP contribution < -0.4 is 0 Å². The Labute approximate surface area is 77.1 Å². The maximum atomic E-state index is 12.2. The van der Waals surface area contributed by atoms with E-state index in [0.717, 1.165) is 0 Å². The summed E-state index contributed by atoms with van der Waals surface area (Å²) >= 11 is 0. The normalized spacial score (nSPS) is 21.2. The van der Waals surface area contributed by atoms with Gasteiger partial charge in [0.2, 0.25) is 0 Å². The van der Waals surface area contributed by atoms with E-state index in [1.54, 1.807) is 0 Å². The molecule has 84 valence electrons. The molecule has 1 rings (SSSR count). The molecule has 9 heteroatoms. The molecular weight excluding hydrogens is 234 g/mol. The number of hydrogen-bond donors (Lipinski definition) is 0. The molecule has 0 N–H and O–H groups in total. The fraction of sp³-hybridized carbons (Fsp3) is 1.00. The highest BCUT2D eigenvalue weighted by Crippen LogP contribution is 2.51. The average Bonchev–Trinajstić information content (AvgIpc) is 2.03. The third-order valence-corrected chi connectivity index (χ3v) is 2.37. The molecule has 0 spiro atoms. The number of hydrogen-bond acceptors (Lipinski definition) is 3.